The first kappa shape index (κ1) is 13.6. The van der Waals surface area contributed by atoms with E-state index in [-0.39, 0.29) is 11.7 Å². The van der Waals surface area contributed by atoms with E-state index in [2.05, 4.69) is 21.2 Å². The number of nitrogens with one attached hydrogen (secondary N) is 1. The molecule has 98 valence electrons. The highest BCUT2D eigenvalue weighted by Crippen LogP contribution is 2.27. The van der Waals surface area contributed by atoms with Crippen molar-refractivity contribution in [2.75, 3.05) is 19.7 Å². The largest absolute Gasteiger partial charge is 0.494 e. The Morgan fingerprint density at radius 1 is 1.44 bits per heavy atom. The molecule has 0 aliphatic carbocycles. The molecule has 1 fully saturated rings. The Bertz CT molecular complexity index is 428. The average Bonchev–Trinajstić information content (AvgIpc) is 2.40. The molecule has 1 aromatic carbocycles. The zero-order chi connectivity index (χ0) is 13.0. The van der Waals surface area contributed by atoms with Gasteiger partial charge in [0.05, 0.1) is 6.61 Å². The number of rotatable bonds is 4. The summed E-state index contributed by atoms with van der Waals surface area (Å²) in [5, 5.41) is 3.28. The van der Waals surface area contributed by atoms with Gasteiger partial charge >= 0.3 is 0 Å². The van der Waals surface area contributed by atoms with Gasteiger partial charge in [0, 0.05) is 16.0 Å². The van der Waals surface area contributed by atoms with E-state index in [0.29, 0.717) is 6.61 Å². The van der Waals surface area contributed by atoms with Crippen LogP contribution in [0.15, 0.2) is 22.7 Å². The number of Topliss-reactive ketones (excluding diaryl/α,β-unsaturated/α-hetero) is 1. The summed E-state index contributed by atoms with van der Waals surface area (Å²) in [6.07, 6.45) is 1.86. The molecule has 0 aromatic heterocycles. The van der Waals surface area contributed by atoms with E-state index in [1.165, 1.54) is 0 Å². The molecular weight excluding hydrogens is 294 g/mol. The highest BCUT2D eigenvalue weighted by atomic mass is 79.9. The second kappa shape index (κ2) is 6.34. The second-order valence-electron chi connectivity index (χ2n) is 4.46. The maximum absolute atomic E-state index is 12.4. The van der Waals surface area contributed by atoms with E-state index < -0.39 is 0 Å². The van der Waals surface area contributed by atoms with Crippen LogP contribution >= 0.6 is 15.9 Å². The molecule has 3 nitrogen and oxygen atoms in total. The van der Waals surface area contributed by atoms with Gasteiger partial charge in [0.2, 0.25) is 0 Å². The Morgan fingerprint density at radius 2 is 2.17 bits per heavy atom. The molecule has 0 atom stereocenters. The van der Waals surface area contributed by atoms with E-state index in [4.69, 9.17) is 4.74 Å². The number of carbonyl (C=O) groups excluding carboxylic acids is 1. The number of hydrogen-bond donors (Lipinski definition) is 1. The van der Waals surface area contributed by atoms with Crippen LogP contribution in [0.25, 0.3) is 0 Å². The summed E-state index contributed by atoms with van der Waals surface area (Å²) in [5.41, 5.74) is 0.769. The van der Waals surface area contributed by atoms with E-state index in [0.717, 1.165) is 41.7 Å². The standard InChI is InChI=1S/C14H18BrNO2/c1-2-18-11-3-4-12(13(15)9-11)14(17)10-5-7-16-8-6-10/h3-4,9-10,16H,2,5-8H2,1H3. The SMILES string of the molecule is CCOc1ccc(C(=O)C2CCNCC2)c(Br)c1. The highest BCUT2D eigenvalue weighted by molar-refractivity contribution is 9.10. The lowest BCUT2D eigenvalue weighted by Crippen LogP contribution is -2.32. The topological polar surface area (TPSA) is 38.3 Å². The monoisotopic (exact) mass is 311 g/mol. The van der Waals surface area contributed by atoms with Crippen LogP contribution in [-0.4, -0.2) is 25.5 Å². The van der Waals surface area contributed by atoms with Crippen molar-refractivity contribution >= 4 is 21.7 Å². The van der Waals surface area contributed by atoms with Gasteiger partial charge in [0.15, 0.2) is 5.78 Å². The van der Waals surface area contributed by atoms with Crippen LogP contribution in [0.3, 0.4) is 0 Å². The molecular formula is C14H18BrNO2. The number of ketones is 1. The second-order valence-corrected chi connectivity index (χ2v) is 5.32. The quantitative estimate of drug-likeness (QED) is 0.869. The zero-order valence-electron chi connectivity index (χ0n) is 10.5. The summed E-state index contributed by atoms with van der Waals surface area (Å²) in [6.45, 7) is 4.45. The summed E-state index contributed by atoms with van der Waals surface area (Å²) in [4.78, 5) is 12.4. The molecule has 0 bridgehead atoms. The predicted molar refractivity (Wildman–Crippen MR) is 75.2 cm³/mol. The first-order valence-corrected chi connectivity index (χ1v) is 7.19. The first-order chi connectivity index (χ1) is 8.72. The number of hydrogen-bond acceptors (Lipinski definition) is 3. The average molecular weight is 312 g/mol. The number of carbonyl (C=O) groups is 1. The summed E-state index contributed by atoms with van der Waals surface area (Å²) in [6, 6.07) is 5.60. The molecule has 2 rings (SSSR count). The van der Waals surface area contributed by atoms with Crippen molar-refractivity contribution in [2.24, 2.45) is 5.92 Å². The predicted octanol–water partition coefficient (Wildman–Crippen LogP) is 3.03. The molecule has 18 heavy (non-hydrogen) atoms. The fraction of sp³-hybridized carbons (Fsp3) is 0.500. The summed E-state index contributed by atoms with van der Waals surface area (Å²) >= 11 is 3.47. The third kappa shape index (κ3) is 3.12. The van der Waals surface area contributed by atoms with Crippen molar-refractivity contribution in [3.05, 3.63) is 28.2 Å². The van der Waals surface area contributed by atoms with Gasteiger partial charge in [0.1, 0.15) is 5.75 Å². The highest BCUT2D eigenvalue weighted by Gasteiger charge is 2.23. The van der Waals surface area contributed by atoms with Crippen LogP contribution in [0.2, 0.25) is 0 Å². The van der Waals surface area contributed by atoms with Crippen LogP contribution in [0.1, 0.15) is 30.1 Å². The number of ether oxygens (including phenoxy) is 1. The van der Waals surface area contributed by atoms with Crippen molar-refractivity contribution in [1.82, 2.24) is 5.32 Å². The molecule has 1 aliphatic heterocycles. The van der Waals surface area contributed by atoms with Crippen LogP contribution < -0.4 is 10.1 Å². The number of halogens is 1. The van der Waals surface area contributed by atoms with Crippen molar-refractivity contribution in [2.45, 2.75) is 19.8 Å². The molecule has 0 radical (unpaired) electrons. The Morgan fingerprint density at radius 3 is 2.78 bits per heavy atom. The number of piperidine rings is 1. The van der Waals surface area contributed by atoms with Gasteiger partial charge in [-0.05, 0) is 67.0 Å². The Balaban J connectivity index is 2.14. The molecule has 0 amide bonds. The molecule has 0 saturated carbocycles. The molecule has 1 aliphatic rings. The lowest BCUT2D eigenvalue weighted by Gasteiger charge is -2.22. The smallest absolute Gasteiger partial charge is 0.167 e. The summed E-state index contributed by atoms with van der Waals surface area (Å²) in [7, 11) is 0. The minimum atomic E-state index is 0.153. The molecule has 0 spiro atoms. The minimum absolute atomic E-state index is 0.153. The van der Waals surface area contributed by atoms with Crippen molar-refractivity contribution in [1.29, 1.82) is 0 Å². The van der Waals surface area contributed by atoms with Gasteiger partial charge in [-0.25, -0.2) is 0 Å². The van der Waals surface area contributed by atoms with E-state index in [9.17, 15) is 4.79 Å². The molecule has 1 heterocycles. The summed E-state index contributed by atoms with van der Waals surface area (Å²) < 4.78 is 6.25. The maximum Gasteiger partial charge on any atom is 0.167 e. The van der Waals surface area contributed by atoms with Gasteiger partial charge in [-0.3, -0.25) is 4.79 Å². The fourth-order valence-corrected chi connectivity index (χ4v) is 2.81. The normalized spacial score (nSPS) is 16.6. The van der Waals surface area contributed by atoms with E-state index >= 15 is 0 Å². The van der Waals surface area contributed by atoms with Crippen LogP contribution in [0, 0.1) is 5.92 Å². The van der Waals surface area contributed by atoms with Gasteiger partial charge in [-0.1, -0.05) is 0 Å². The van der Waals surface area contributed by atoms with Crippen LogP contribution in [-0.2, 0) is 0 Å². The van der Waals surface area contributed by atoms with E-state index in [1.807, 2.05) is 25.1 Å². The van der Waals surface area contributed by atoms with Crippen molar-refractivity contribution in [3.63, 3.8) is 0 Å². The summed E-state index contributed by atoms with van der Waals surface area (Å²) in [5.74, 6) is 1.19. The first-order valence-electron chi connectivity index (χ1n) is 6.39. The van der Waals surface area contributed by atoms with Gasteiger partial charge < -0.3 is 10.1 Å². The van der Waals surface area contributed by atoms with Gasteiger partial charge in [0.25, 0.3) is 0 Å². The fourth-order valence-electron chi connectivity index (χ4n) is 2.26. The van der Waals surface area contributed by atoms with Gasteiger partial charge in [-0.2, -0.15) is 0 Å². The van der Waals surface area contributed by atoms with Crippen LogP contribution in [0.4, 0.5) is 0 Å². The molecule has 1 aromatic rings. The van der Waals surface area contributed by atoms with Gasteiger partial charge in [-0.15, -0.1) is 0 Å². The minimum Gasteiger partial charge on any atom is -0.494 e. The third-order valence-corrected chi connectivity index (χ3v) is 3.88. The molecule has 1 N–H and O–H groups in total. The van der Waals surface area contributed by atoms with E-state index in [1.54, 1.807) is 0 Å². The maximum atomic E-state index is 12.4. The lowest BCUT2D eigenvalue weighted by molar-refractivity contribution is 0.0894. The molecule has 0 unspecified atom stereocenters. The zero-order valence-corrected chi connectivity index (χ0v) is 12.1. The molecule has 4 heteroatoms. The third-order valence-electron chi connectivity index (χ3n) is 3.23. The van der Waals surface area contributed by atoms with Crippen molar-refractivity contribution < 1.29 is 9.53 Å². The number of benzene rings is 1. The Hall–Kier alpha value is -0.870. The molecule has 1 saturated heterocycles. The Labute approximate surface area is 116 Å². The van der Waals surface area contributed by atoms with Crippen LogP contribution in [0.5, 0.6) is 5.75 Å². The Kier molecular flexibility index (Phi) is 4.78. The van der Waals surface area contributed by atoms with Crippen molar-refractivity contribution in [3.8, 4) is 5.75 Å². The lowest BCUT2D eigenvalue weighted by atomic mass is 9.89.